The third-order valence-corrected chi connectivity index (χ3v) is 3.21. The zero-order chi connectivity index (χ0) is 13.8. The first-order valence-corrected chi connectivity index (χ1v) is 6.57. The van der Waals surface area contributed by atoms with Gasteiger partial charge in [-0.15, -0.1) is 0 Å². The van der Waals surface area contributed by atoms with Gasteiger partial charge in [0, 0.05) is 31.5 Å². The molecule has 7 heteroatoms. The number of carbonyl (C=O) groups excluding carboxylic acids is 1. The van der Waals surface area contributed by atoms with Crippen LogP contribution in [0.3, 0.4) is 0 Å². The van der Waals surface area contributed by atoms with Crippen LogP contribution < -0.4 is 10.2 Å². The molecule has 1 amide bonds. The lowest BCUT2D eigenvalue weighted by atomic mass is 10.3. The maximum Gasteiger partial charge on any atom is 0.254 e. The summed E-state index contributed by atoms with van der Waals surface area (Å²) >= 11 is 0. The molecule has 7 nitrogen and oxygen atoms in total. The minimum Gasteiger partial charge on any atom is -0.364 e. The molecule has 0 atom stereocenters. The van der Waals surface area contributed by atoms with Crippen molar-refractivity contribution in [2.75, 3.05) is 18.0 Å². The second kappa shape index (κ2) is 5.68. The molecule has 20 heavy (non-hydrogen) atoms. The molecule has 1 aliphatic rings. The lowest BCUT2D eigenvalue weighted by molar-refractivity contribution is 0.0949. The van der Waals surface area contributed by atoms with Gasteiger partial charge in [-0.05, 0) is 12.8 Å². The third-order valence-electron chi connectivity index (χ3n) is 3.21. The third kappa shape index (κ3) is 2.76. The Kier molecular flexibility index (Phi) is 3.58. The summed E-state index contributed by atoms with van der Waals surface area (Å²) < 4.78 is 4.69. The van der Waals surface area contributed by atoms with Crippen molar-refractivity contribution in [1.29, 1.82) is 0 Å². The van der Waals surface area contributed by atoms with Gasteiger partial charge in [-0.1, -0.05) is 5.16 Å². The van der Waals surface area contributed by atoms with Crippen molar-refractivity contribution in [2.24, 2.45) is 0 Å². The van der Waals surface area contributed by atoms with E-state index in [1.54, 1.807) is 18.5 Å². The van der Waals surface area contributed by atoms with E-state index >= 15 is 0 Å². The standard InChI is InChI=1S/C13H15N5O2/c19-12(14-9-11-3-6-20-17-11)10-7-15-13(16-8-10)18-4-1-2-5-18/h3,6-8H,1-2,4-5,9H2,(H,14,19). The van der Waals surface area contributed by atoms with Crippen molar-refractivity contribution in [3.63, 3.8) is 0 Å². The van der Waals surface area contributed by atoms with E-state index in [-0.39, 0.29) is 5.91 Å². The zero-order valence-electron chi connectivity index (χ0n) is 11.0. The molecule has 0 aromatic carbocycles. The average molecular weight is 273 g/mol. The molecule has 0 saturated carbocycles. The Morgan fingerprint density at radius 2 is 2.05 bits per heavy atom. The number of carbonyl (C=O) groups is 1. The van der Waals surface area contributed by atoms with Crippen LogP contribution in [0.4, 0.5) is 5.95 Å². The monoisotopic (exact) mass is 273 g/mol. The van der Waals surface area contributed by atoms with Gasteiger partial charge in [-0.3, -0.25) is 4.79 Å². The zero-order valence-corrected chi connectivity index (χ0v) is 11.0. The second-order valence-electron chi connectivity index (χ2n) is 4.64. The molecule has 0 unspecified atom stereocenters. The first-order chi connectivity index (χ1) is 9.83. The fraction of sp³-hybridized carbons (Fsp3) is 0.385. The second-order valence-corrected chi connectivity index (χ2v) is 4.64. The summed E-state index contributed by atoms with van der Waals surface area (Å²) in [6, 6.07) is 1.70. The van der Waals surface area contributed by atoms with E-state index in [2.05, 4.69) is 25.3 Å². The average Bonchev–Trinajstić information content (AvgIpc) is 3.18. The van der Waals surface area contributed by atoms with Crippen LogP contribution in [-0.4, -0.2) is 34.1 Å². The molecule has 1 fully saturated rings. The van der Waals surface area contributed by atoms with E-state index in [4.69, 9.17) is 4.52 Å². The largest absolute Gasteiger partial charge is 0.364 e. The Morgan fingerprint density at radius 3 is 2.70 bits per heavy atom. The van der Waals surface area contributed by atoms with Gasteiger partial charge in [0.2, 0.25) is 5.95 Å². The summed E-state index contributed by atoms with van der Waals surface area (Å²) in [6.45, 7) is 2.29. The van der Waals surface area contributed by atoms with Gasteiger partial charge >= 0.3 is 0 Å². The van der Waals surface area contributed by atoms with Crippen LogP contribution in [0.2, 0.25) is 0 Å². The molecule has 0 aliphatic carbocycles. The Bertz CT molecular complexity index is 561. The molecule has 1 saturated heterocycles. The maximum absolute atomic E-state index is 11.9. The quantitative estimate of drug-likeness (QED) is 0.894. The van der Waals surface area contributed by atoms with Gasteiger partial charge in [0.1, 0.15) is 12.0 Å². The molecule has 3 rings (SSSR count). The molecule has 0 spiro atoms. The highest BCUT2D eigenvalue weighted by molar-refractivity contribution is 5.93. The maximum atomic E-state index is 11.9. The fourth-order valence-electron chi connectivity index (χ4n) is 2.12. The highest BCUT2D eigenvalue weighted by Gasteiger charge is 2.15. The highest BCUT2D eigenvalue weighted by Crippen LogP contribution is 2.14. The van der Waals surface area contributed by atoms with Gasteiger partial charge in [-0.2, -0.15) is 0 Å². The highest BCUT2D eigenvalue weighted by atomic mass is 16.5. The SMILES string of the molecule is O=C(NCc1ccon1)c1cnc(N2CCCC2)nc1. The van der Waals surface area contributed by atoms with E-state index in [1.807, 2.05) is 0 Å². The van der Waals surface area contributed by atoms with Crippen LogP contribution >= 0.6 is 0 Å². The molecule has 2 aromatic rings. The molecular weight excluding hydrogens is 258 g/mol. The Morgan fingerprint density at radius 1 is 1.30 bits per heavy atom. The van der Waals surface area contributed by atoms with Crippen LogP contribution in [0.15, 0.2) is 29.2 Å². The number of anilines is 1. The minimum atomic E-state index is -0.221. The van der Waals surface area contributed by atoms with E-state index in [0.29, 0.717) is 23.8 Å². The van der Waals surface area contributed by atoms with Gasteiger partial charge in [-0.25, -0.2) is 9.97 Å². The Hall–Kier alpha value is -2.44. The van der Waals surface area contributed by atoms with Crippen molar-refractivity contribution in [1.82, 2.24) is 20.4 Å². The van der Waals surface area contributed by atoms with Gasteiger partial charge < -0.3 is 14.7 Å². The van der Waals surface area contributed by atoms with Crippen LogP contribution in [0, 0.1) is 0 Å². The molecule has 104 valence electrons. The Labute approximate surface area is 116 Å². The van der Waals surface area contributed by atoms with Crippen LogP contribution in [0.1, 0.15) is 28.9 Å². The van der Waals surface area contributed by atoms with Crippen LogP contribution in [-0.2, 0) is 6.54 Å². The van der Waals surface area contributed by atoms with Crippen molar-refractivity contribution >= 4 is 11.9 Å². The number of amides is 1. The molecule has 1 N–H and O–H groups in total. The van der Waals surface area contributed by atoms with E-state index < -0.39 is 0 Å². The van der Waals surface area contributed by atoms with Gasteiger partial charge in [0.25, 0.3) is 5.91 Å². The van der Waals surface area contributed by atoms with Crippen LogP contribution in [0.5, 0.6) is 0 Å². The summed E-state index contributed by atoms with van der Waals surface area (Å²) in [5.74, 6) is 0.469. The summed E-state index contributed by atoms with van der Waals surface area (Å²) in [4.78, 5) is 22.5. The number of rotatable bonds is 4. The van der Waals surface area contributed by atoms with E-state index in [1.165, 1.54) is 19.1 Å². The summed E-state index contributed by atoms with van der Waals surface area (Å²) in [5, 5.41) is 6.46. The minimum absolute atomic E-state index is 0.221. The topological polar surface area (TPSA) is 84.2 Å². The van der Waals surface area contributed by atoms with Crippen LogP contribution in [0.25, 0.3) is 0 Å². The summed E-state index contributed by atoms with van der Waals surface area (Å²) in [7, 11) is 0. The van der Waals surface area contributed by atoms with Crippen molar-refractivity contribution in [3.8, 4) is 0 Å². The number of nitrogens with one attached hydrogen (secondary N) is 1. The molecular formula is C13H15N5O2. The molecule has 3 heterocycles. The molecule has 0 bridgehead atoms. The predicted octanol–water partition coefficient (Wildman–Crippen LogP) is 0.995. The lowest BCUT2D eigenvalue weighted by Crippen LogP contribution is -2.24. The van der Waals surface area contributed by atoms with Gasteiger partial charge in [0.15, 0.2) is 0 Å². The Balaban J connectivity index is 1.60. The first kappa shape index (κ1) is 12.6. The number of nitrogens with zero attached hydrogens (tertiary/aromatic N) is 4. The van der Waals surface area contributed by atoms with Gasteiger partial charge in [0.05, 0.1) is 12.1 Å². The lowest BCUT2D eigenvalue weighted by Gasteiger charge is -2.14. The number of aromatic nitrogens is 3. The smallest absolute Gasteiger partial charge is 0.254 e. The number of hydrogen-bond acceptors (Lipinski definition) is 6. The molecule has 0 radical (unpaired) electrons. The van der Waals surface area contributed by atoms with Crippen molar-refractivity contribution < 1.29 is 9.32 Å². The first-order valence-electron chi connectivity index (χ1n) is 6.57. The summed E-state index contributed by atoms with van der Waals surface area (Å²) in [6.07, 6.45) is 6.92. The van der Waals surface area contributed by atoms with Crippen molar-refractivity contribution in [2.45, 2.75) is 19.4 Å². The molecule has 2 aromatic heterocycles. The van der Waals surface area contributed by atoms with E-state index in [0.717, 1.165) is 13.1 Å². The van der Waals surface area contributed by atoms with Crippen molar-refractivity contribution in [3.05, 3.63) is 36.0 Å². The fourth-order valence-corrected chi connectivity index (χ4v) is 2.12. The summed E-state index contributed by atoms with van der Waals surface area (Å²) in [5.41, 5.74) is 1.12. The normalized spacial score (nSPS) is 14.5. The van der Waals surface area contributed by atoms with E-state index in [9.17, 15) is 4.79 Å². The molecule has 1 aliphatic heterocycles. The predicted molar refractivity (Wildman–Crippen MR) is 71.2 cm³/mol. The number of hydrogen-bond donors (Lipinski definition) is 1.